The number of aryl methyl sites for hydroxylation is 1. The lowest BCUT2D eigenvalue weighted by atomic mass is 9.86. The van der Waals surface area contributed by atoms with E-state index in [-0.39, 0.29) is 6.04 Å². The molecule has 0 heterocycles. The van der Waals surface area contributed by atoms with Gasteiger partial charge in [0.1, 0.15) is 5.75 Å². The van der Waals surface area contributed by atoms with E-state index in [4.69, 9.17) is 10.5 Å². The van der Waals surface area contributed by atoms with E-state index in [1.165, 1.54) is 30.4 Å². The lowest BCUT2D eigenvalue weighted by Gasteiger charge is -2.25. The van der Waals surface area contributed by atoms with E-state index in [0.29, 0.717) is 5.92 Å². The van der Waals surface area contributed by atoms with Crippen molar-refractivity contribution < 1.29 is 4.74 Å². The van der Waals surface area contributed by atoms with Gasteiger partial charge in [-0.1, -0.05) is 45.2 Å². The van der Waals surface area contributed by atoms with Gasteiger partial charge in [-0.2, -0.15) is 0 Å². The van der Waals surface area contributed by atoms with Crippen LogP contribution >= 0.6 is 0 Å². The number of hydrogen-bond acceptors (Lipinski definition) is 2. The summed E-state index contributed by atoms with van der Waals surface area (Å²) in [5, 5.41) is 0. The van der Waals surface area contributed by atoms with Gasteiger partial charge in [0.2, 0.25) is 0 Å². The average Bonchev–Trinajstić information content (AvgIpc) is 2.42. The van der Waals surface area contributed by atoms with Gasteiger partial charge in [0.25, 0.3) is 0 Å². The molecule has 0 aliphatic rings. The molecule has 2 atom stereocenters. The first-order chi connectivity index (χ1) is 9.06. The third-order valence-electron chi connectivity index (χ3n) is 4.23. The second-order valence-corrected chi connectivity index (χ2v) is 5.47. The molecule has 1 aromatic carbocycles. The predicted molar refractivity (Wildman–Crippen MR) is 82.7 cm³/mol. The van der Waals surface area contributed by atoms with Crippen molar-refractivity contribution in [1.29, 1.82) is 0 Å². The molecule has 1 rings (SSSR count). The predicted octanol–water partition coefficient (Wildman–Crippen LogP) is 4.53. The molecule has 0 spiro atoms. The van der Waals surface area contributed by atoms with Crippen LogP contribution < -0.4 is 10.5 Å². The molecule has 1 aromatic rings. The van der Waals surface area contributed by atoms with Crippen molar-refractivity contribution in [3.63, 3.8) is 0 Å². The number of methoxy groups -OCH3 is 1. The highest BCUT2D eigenvalue weighted by Gasteiger charge is 2.22. The zero-order valence-corrected chi connectivity index (χ0v) is 13.1. The van der Waals surface area contributed by atoms with Crippen LogP contribution in [0.15, 0.2) is 12.1 Å². The Labute approximate surface area is 118 Å². The summed E-state index contributed by atoms with van der Waals surface area (Å²) < 4.78 is 5.60. The molecular formula is C17H29NO. The molecule has 19 heavy (non-hydrogen) atoms. The molecule has 2 heteroatoms. The summed E-state index contributed by atoms with van der Waals surface area (Å²) >= 11 is 0. The topological polar surface area (TPSA) is 35.2 Å². The first kappa shape index (κ1) is 16.0. The first-order valence-corrected chi connectivity index (χ1v) is 7.46. The van der Waals surface area contributed by atoms with Gasteiger partial charge in [0.05, 0.1) is 7.11 Å². The van der Waals surface area contributed by atoms with Gasteiger partial charge >= 0.3 is 0 Å². The van der Waals surface area contributed by atoms with Gasteiger partial charge in [-0.3, -0.25) is 0 Å². The largest absolute Gasteiger partial charge is 0.496 e. The van der Waals surface area contributed by atoms with Crippen molar-refractivity contribution in [3.8, 4) is 5.75 Å². The van der Waals surface area contributed by atoms with Crippen LogP contribution in [0.2, 0.25) is 0 Å². The average molecular weight is 263 g/mol. The lowest BCUT2D eigenvalue weighted by Crippen LogP contribution is -2.22. The standard InChI is InChI=1S/C17H29NO/c1-6-8-9-14(7-2)16(18)15-11-10-12(3)13(4)17(15)19-5/h10-11,14,16H,6-9,18H2,1-5H3. The van der Waals surface area contributed by atoms with Gasteiger partial charge in [0, 0.05) is 11.6 Å². The molecule has 0 radical (unpaired) electrons. The molecule has 0 aliphatic carbocycles. The normalized spacial score (nSPS) is 14.2. The highest BCUT2D eigenvalue weighted by Crippen LogP contribution is 2.35. The van der Waals surface area contributed by atoms with Crippen LogP contribution in [0, 0.1) is 19.8 Å². The fourth-order valence-electron chi connectivity index (χ4n) is 2.70. The first-order valence-electron chi connectivity index (χ1n) is 7.46. The van der Waals surface area contributed by atoms with Gasteiger partial charge in [-0.15, -0.1) is 0 Å². The van der Waals surface area contributed by atoms with E-state index >= 15 is 0 Å². The quantitative estimate of drug-likeness (QED) is 0.784. The van der Waals surface area contributed by atoms with Crippen molar-refractivity contribution in [2.75, 3.05) is 7.11 Å². The second-order valence-electron chi connectivity index (χ2n) is 5.47. The number of rotatable bonds is 7. The van der Waals surface area contributed by atoms with Crippen molar-refractivity contribution in [2.45, 2.75) is 59.4 Å². The molecule has 0 saturated heterocycles. The summed E-state index contributed by atoms with van der Waals surface area (Å²) in [6.07, 6.45) is 4.80. The zero-order chi connectivity index (χ0) is 14.4. The van der Waals surface area contributed by atoms with Gasteiger partial charge in [0.15, 0.2) is 0 Å². The minimum Gasteiger partial charge on any atom is -0.496 e. The molecule has 2 nitrogen and oxygen atoms in total. The highest BCUT2D eigenvalue weighted by molar-refractivity contribution is 5.46. The van der Waals surface area contributed by atoms with Crippen molar-refractivity contribution >= 4 is 0 Å². The Hall–Kier alpha value is -1.02. The Morgan fingerprint density at radius 1 is 1.21 bits per heavy atom. The number of ether oxygens (including phenoxy) is 1. The monoisotopic (exact) mass is 263 g/mol. The maximum absolute atomic E-state index is 6.51. The minimum absolute atomic E-state index is 0.0748. The minimum atomic E-state index is 0.0748. The number of hydrogen-bond donors (Lipinski definition) is 1. The van der Waals surface area contributed by atoms with Crippen LogP contribution in [0.1, 0.15) is 62.3 Å². The summed E-state index contributed by atoms with van der Waals surface area (Å²) in [4.78, 5) is 0. The molecule has 0 bridgehead atoms. The molecule has 2 unspecified atom stereocenters. The molecule has 0 fully saturated rings. The van der Waals surface area contributed by atoms with E-state index in [1.54, 1.807) is 7.11 Å². The Kier molecular flexibility index (Phi) is 6.36. The number of nitrogens with two attached hydrogens (primary N) is 1. The second kappa shape index (κ2) is 7.54. The maximum Gasteiger partial charge on any atom is 0.126 e. The van der Waals surface area contributed by atoms with E-state index in [9.17, 15) is 0 Å². The van der Waals surface area contributed by atoms with E-state index < -0.39 is 0 Å². The summed E-state index contributed by atoms with van der Waals surface area (Å²) in [5.41, 5.74) is 10.1. The van der Waals surface area contributed by atoms with Crippen molar-refractivity contribution in [3.05, 3.63) is 28.8 Å². The lowest BCUT2D eigenvalue weighted by molar-refractivity contribution is 0.355. The Morgan fingerprint density at radius 3 is 2.42 bits per heavy atom. The van der Waals surface area contributed by atoms with Crippen molar-refractivity contribution in [1.82, 2.24) is 0 Å². The molecule has 0 aromatic heterocycles. The van der Waals surface area contributed by atoms with Crippen LogP contribution in [-0.2, 0) is 0 Å². The van der Waals surface area contributed by atoms with Crippen LogP contribution in [0.25, 0.3) is 0 Å². The maximum atomic E-state index is 6.51. The molecule has 0 saturated carbocycles. The third-order valence-corrected chi connectivity index (χ3v) is 4.23. The summed E-state index contributed by atoms with van der Waals surface area (Å²) in [5.74, 6) is 1.51. The fourth-order valence-corrected chi connectivity index (χ4v) is 2.70. The van der Waals surface area contributed by atoms with Crippen LogP contribution in [0.4, 0.5) is 0 Å². The summed E-state index contributed by atoms with van der Waals surface area (Å²) in [6.45, 7) is 8.68. The van der Waals surface area contributed by atoms with Gasteiger partial charge in [-0.05, 0) is 37.3 Å². The molecule has 0 amide bonds. The van der Waals surface area contributed by atoms with Gasteiger partial charge in [-0.25, -0.2) is 0 Å². The Balaban J connectivity index is 3.03. The van der Waals surface area contributed by atoms with E-state index in [1.807, 2.05) is 0 Å². The van der Waals surface area contributed by atoms with Crippen LogP contribution in [0.5, 0.6) is 5.75 Å². The third kappa shape index (κ3) is 3.73. The Bertz CT molecular complexity index is 400. The van der Waals surface area contributed by atoms with Gasteiger partial charge < -0.3 is 10.5 Å². The molecule has 108 valence electrons. The Morgan fingerprint density at radius 2 is 1.89 bits per heavy atom. The fraction of sp³-hybridized carbons (Fsp3) is 0.647. The molecule has 0 aliphatic heterocycles. The number of benzene rings is 1. The number of unbranched alkanes of at least 4 members (excludes halogenated alkanes) is 1. The summed E-state index contributed by atoms with van der Waals surface area (Å²) in [7, 11) is 1.74. The highest BCUT2D eigenvalue weighted by atomic mass is 16.5. The SMILES string of the molecule is CCCCC(CC)C(N)c1ccc(C)c(C)c1OC. The van der Waals surface area contributed by atoms with Crippen LogP contribution in [0.3, 0.4) is 0 Å². The molecular weight excluding hydrogens is 234 g/mol. The van der Waals surface area contributed by atoms with Crippen molar-refractivity contribution in [2.24, 2.45) is 11.7 Å². The molecule has 2 N–H and O–H groups in total. The zero-order valence-electron chi connectivity index (χ0n) is 13.1. The van der Waals surface area contributed by atoms with Crippen LogP contribution in [-0.4, -0.2) is 7.11 Å². The van der Waals surface area contributed by atoms with E-state index in [2.05, 4.69) is 39.8 Å². The van der Waals surface area contributed by atoms with E-state index in [0.717, 1.165) is 17.7 Å². The summed E-state index contributed by atoms with van der Waals surface area (Å²) in [6, 6.07) is 4.37. The smallest absolute Gasteiger partial charge is 0.126 e.